The number of carboxylic acids is 1. The van der Waals surface area contributed by atoms with Crippen molar-refractivity contribution in [1.82, 2.24) is 4.90 Å². The molecule has 0 saturated carbocycles. The normalized spacial score (nSPS) is 10.5. The Bertz CT molecular complexity index is 443. The predicted molar refractivity (Wildman–Crippen MR) is 76.9 cm³/mol. The number of hydrogen-bond donors (Lipinski definition) is 1. The first-order chi connectivity index (χ1) is 8.88. The first-order valence-electron chi connectivity index (χ1n) is 6.12. The molecule has 4 nitrogen and oxygen atoms in total. The molecule has 1 N–H and O–H groups in total. The maximum Gasteiger partial charge on any atom is 0.323 e. The zero-order valence-corrected chi connectivity index (χ0v) is 12.7. The molecule has 0 fully saturated rings. The van der Waals surface area contributed by atoms with Gasteiger partial charge in [0.1, 0.15) is 6.54 Å². The van der Waals surface area contributed by atoms with Gasteiger partial charge in [-0.1, -0.05) is 41.9 Å². The van der Waals surface area contributed by atoms with Crippen LogP contribution in [0.1, 0.15) is 19.4 Å². The summed E-state index contributed by atoms with van der Waals surface area (Å²) in [6.07, 6.45) is 0.229. The van der Waals surface area contributed by atoms with Crippen LogP contribution in [-0.2, 0) is 16.0 Å². The van der Waals surface area contributed by atoms with Gasteiger partial charge in [-0.25, -0.2) is 0 Å². The van der Waals surface area contributed by atoms with Crippen LogP contribution in [0.25, 0.3) is 0 Å². The Morgan fingerprint density at radius 2 is 1.84 bits per heavy atom. The van der Waals surface area contributed by atoms with Crippen molar-refractivity contribution in [2.45, 2.75) is 20.3 Å². The largest absolute Gasteiger partial charge is 0.480 e. The van der Waals surface area contributed by atoms with E-state index in [-0.39, 0.29) is 24.8 Å². The summed E-state index contributed by atoms with van der Waals surface area (Å²) in [4.78, 5) is 24.3. The molecule has 0 aliphatic carbocycles. The molecule has 5 heteroatoms. The molecule has 1 aromatic rings. The highest BCUT2D eigenvalue weighted by Gasteiger charge is 2.18. The summed E-state index contributed by atoms with van der Waals surface area (Å²) in [6.45, 7) is 4.14. The van der Waals surface area contributed by atoms with Crippen molar-refractivity contribution in [3.8, 4) is 0 Å². The smallest absolute Gasteiger partial charge is 0.323 e. The minimum Gasteiger partial charge on any atom is -0.480 e. The molecule has 19 heavy (non-hydrogen) atoms. The molecule has 0 aromatic heterocycles. The molecule has 0 aliphatic heterocycles. The quantitative estimate of drug-likeness (QED) is 0.873. The summed E-state index contributed by atoms with van der Waals surface area (Å²) in [7, 11) is 0. The lowest BCUT2D eigenvalue weighted by Crippen LogP contribution is -2.39. The fourth-order valence-corrected chi connectivity index (χ4v) is 2.01. The second kappa shape index (κ2) is 7.28. The minimum atomic E-state index is -0.982. The second-order valence-corrected chi connectivity index (χ2v) is 5.78. The van der Waals surface area contributed by atoms with Gasteiger partial charge in [0.25, 0.3) is 0 Å². The highest BCUT2D eigenvalue weighted by molar-refractivity contribution is 9.10. The lowest BCUT2D eigenvalue weighted by molar-refractivity contribution is -0.144. The number of nitrogens with zero attached hydrogens (tertiary/aromatic N) is 1. The molecule has 1 amide bonds. The first-order valence-corrected chi connectivity index (χ1v) is 6.91. The maximum absolute atomic E-state index is 12.1. The second-order valence-electron chi connectivity index (χ2n) is 4.87. The van der Waals surface area contributed by atoms with Gasteiger partial charge in [0.05, 0.1) is 6.42 Å². The van der Waals surface area contributed by atoms with E-state index < -0.39 is 5.97 Å². The van der Waals surface area contributed by atoms with E-state index in [4.69, 9.17) is 5.11 Å². The van der Waals surface area contributed by atoms with E-state index in [1.54, 1.807) is 0 Å². The van der Waals surface area contributed by atoms with E-state index >= 15 is 0 Å². The van der Waals surface area contributed by atoms with Gasteiger partial charge in [-0.2, -0.15) is 0 Å². The van der Waals surface area contributed by atoms with Gasteiger partial charge in [-0.3, -0.25) is 9.59 Å². The van der Waals surface area contributed by atoms with Crippen LogP contribution in [0.2, 0.25) is 0 Å². The lowest BCUT2D eigenvalue weighted by atomic mass is 10.1. The van der Waals surface area contributed by atoms with Gasteiger partial charge < -0.3 is 10.0 Å². The van der Waals surface area contributed by atoms with E-state index in [2.05, 4.69) is 15.9 Å². The van der Waals surface area contributed by atoms with Crippen molar-refractivity contribution in [2.24, 2.45) is 5.92 Å². The summed E-state index contributed by atoms with van der Waals surface area (Å²) < 4.78 is 0.952. The van der Waals surface area contributed by atoms with Crippen molar-refractivity contribution < 1.29 is 14.7 Å². The average Bonchev–Trinajstić information content (AvgIpc) is 2.30. The fourth-order valence-electron chi connectivity index (χ4n) is 1.75. The van der Waals surface area contributed by atoms with Crippen LogP contribution in [0.3, 0.4) is 0 Å². The molecule has 1 rings (SSSR count). The number of rotatable bonds is 6. The Labute approximate surface area is 121 Å². The number of carboxylic acid groups (broad SMARTS) is 1. The van der Waals surface area contributed by atoms with E-state index in [1.807, 2.05) is 38.1 Å². The van der Waals surface area contributed by atoms with Crippen LogP contribution < -0.4 is 0 Å². The van der Waals surface area contributed by atoms with Crippen molar-refractivity contribution in [3.63, 3.8) is 0 Å². The Morgan fingerprint density at radius 1 is 1.26 bits per heavy atom. The summed E-state index contributed by atoms with van der Waals surface area (Å²) in [6, 6.07) is 7.45. The molecule has 0 radical (unpaired) electrons. The van der Waals surface area contributed by atoms with Gasteiger partial charge in [0.15, 0.2) is 0 Å². The SMILES string of the molecule is CC(C)CN(CC(=O)O)C(=O)Cc1ccc(Br)cc1. The fraction of sp³-hybridized carbons (Fsp3) is 0.429. The summed E-state index contributed by atoms with van der Waals surface area (Å²) in [5.74, 6) is -0.892. The number of hydrogen-bond acceptors (Lipinski definition) is 2. The van der Waals surface area contributed by atoms with Crippen molar-refractivity contribution in [1.29, 1.82) is 0 Å². The van der Waals surface area contributed by atoms with Crippen LogP contribution in [0.5, 0.6) is 0 Å². The Hall–Kier alpha value is -1.36. The Balaban J connectivity index is 2.70. The first kappa shape index (κ1) is 15.7. The molecule has 104 valence electrons. The average molecular weight is 328 g/mol. The molecule has 0 saturated heterocycles. The molecule has 0 aliphatic rings. The number of benzene rings is 1. The maximum atomic E-state index is 12.1. The van der Waals surface area contributed by atoms with Gasteiger partial charge in [0, 0.05) is 11.0 Å². The van der Waals surface area contributed by atoms with Crippen molar-refractivity contribution >= 4 is 27.8 Å². The zero-order valence-electron chi connectivity index (χ0n) is 11.1. The third-order valence-electron chi connectivity index (χ3n) is 2.53. The van der Waals surface area contributed by atoms with E-state index in [9.17, 15) is 9.59 Å². The van der Waals surface area contributed by atoms with Crippen LogP contribution in [0, 0.1) is 5.92 Å². The zero-order chi connectivity index (χ0) is 14.4. The Kier molecular flexibility index (Phi) is 6.02. The molecular weight excluding hydrogens is 310 g/mol. The van der Waals surface area contributed by atoms with Crippen LogP contribution in [-0.4, -0.2) is 35.0 Å². The van der Waals surface area contributed by atoms with E-state index in [0.717, 1.165) is 10.0 Å². The number of halogens is 1. The molecule has 0 spiro atoms. The van der Waals surface area contributed by atoms with Crippen molar-refractivity contribution in [2.75, 3.05) is 13.1 Å². The van der Waals surface area contributed by atoms with E-state index in [1.165, 1.54) is 4.90 Å². The number of aliphatic carboxylic acids is 1. The van der Waals surface area contributed by atoms with Crippen molar-refractivity contribution in [3.05, 3.63) is 34.3 Å². The third kappa shape index (κ3) is 5.87. The number of carbonyl (C=O) groups is 2. The van der Waals surface area contributed by atoms with Gasteiger partial charge in [0.2, 0.25) is 5.91 Å². The Morgan fingerprint density at radius 3 is 2.32 bits per heavy atom. The monoisotopic (exact) mass is 327 g/mol. The van der Waals surface area contributed by atoms with E-state index in [0.29, 0.717) is 6.54 Å². The number of carbonyl (C=O) groups excluding carboxylic acids is 1. The standard InChI is InChI=1S/C14H18BrNO3/c1-10(2)8-16(9-14(18)19)13(17)7-11-3-5-12(15)6-4-11/h3-6,10H,7-9H2,1-2H3,(H,18,19). The number of amides is 1. The minimum absolute atomic E-state index is 0.154. The van der Waals surface area contributed by atoms with Gasteiger partial charge in [-0.15, -0.1) is 0 Å². The third-order valence-corrected chi connectivity index (χ3v) is 3.06. The molecule has 0 bridgehead atoms. The summed E-state index contributed by atoms with van der Waals surface area (Å²) >= 11 is 3.33. The highest BCUT2D eigenvalue weighted by Crippen LogP contribution is 2.12. The molecule has 1 aromatic carbocycles. The summed E-state index contributed by atoms with van der Waals surface area (Å²) in [5, 5.41) is 8.85. The summed E-state index contributed by atoms with van der Waals surface area (Å²) in [5.41, 5.74) is 0.882. The molecule has 0 unspecified atom stereocenters. The molecular formula is C14H18BrNO3. The highest BCUT2D eigenvalue weighted by atomic mass is 79.9. The topological polar surface area (TPSA) is 57.6 Å². The molecule has 0 heterocycles. The van der Waals surface area contributed by atoms with Crippen LogP contribution in [0.4, 0.5) is 0 Å². The lowest BCUT2D eigenvalue weighted by Gasteiger charge is -2.22. The van der Waals surface area contributed by atoms with Gasteiger partial charge >= 0.3 is 5.97 Å². The molecule has 0 atom stereocenters. The van der Waals surface area contributed by atoms with Crippen LogP contribution in [0.15, 0.2) is 28.7 Å². The van der Waals surface area contributed by atoms with Gasteiger partial charge in [-0.05, 0) is 23.6 Å². The predicted octanol–water partition coefficient (Wildman–Crippen LogP) is 2.56. The van der Waals surface area contributed by atoms with Crippen LogP contribution >= 0.6 is 15.9 Å².